The molecule has 0 bridgehead atoms. The van der Waals surface area contributed by atoms with Crippen LogP contribution < -0.4 is 5.32 Å². The van der Waals surface area contributed by atoms with E-state index in [2.05, 4.69) is 10.4 Å². The molecule has 1 fully saturated rings. The number of aliphatic carboxylic acids is 1. The number of carbonyl (C=O) groups excluding carboxylic acids is 1. The number of nitrogens with zero attached hydrogens (tertiary/aromatic N) is 2. The second-order valence-corrected chi connectivity index (χ2v) is 7.76. The smallest absolute Gasteiger partial charge is 0.311 e. The van der Waals surface area contributed by atoms with E-state index in [1.165, 1.54) is 5.56 Å². The van der Waals surface area contributed by atoms with Crippen LogP contribution in [0, 0.1) is 12.3 Å². The molecule has 1 amide bonds. The number of aromatic nitrogens is 2. The summed E-state index contributed by atoms with van der Waals surface area (Å²) in [5, 5.41) is 17.1. The van der Waals surface area contributed by atoms with E-state index in [0.717, 1.165) is 36.2 Å². The van der Waals surface area contributed by atoms with Crippen molar-refractivity contribution in [3.8, 4) is 5.69 Å². The molecule has 0 radical (unpaired) electrons. The molecule has 2 aliphatic rings. The fraction of sp³-hybridized carbons (Fsp3) is 0.476. The number of rotatable bonds is 5. The summed E-state index contributed by atoms with van der Waals surface area (Å²) in [5.74, 6) is -1.18. The molecule has 0 saturated carbocycles. The first-order chi connectivity index (χ1) is 13.5. The third-order valence-corrected chi connectivity index (χ3v) is 5.91. The van der Waals surface area contributed by atoms with Gasteiger partial charge < -0.3 is 15.2 Å². The number of carbonyl (C=O) groups is 2. The fourth-order valence-corrected chi connectivity index (χ4v) is 4.08. The van der Waals surface area contributed by atoms with Crippen molar-refractivity contribution in [2.75, 3.05) is 19.8 Å². The van der Waals surface area contributed by atoms with Crippen molar-refractivity contribution in [2.45, 2.75) is 39.0 Å². The number of amides is 1. The lowest BCUT2D eigenvalue weighted by Gasteiger charge is -2.33. The van der Waals surface area contributed by atoms with E-state index in [0.29, 0.717) is 31.7 Å². The Morgan fingerprint density at radius 1 is 1.21 bits per heavy atom. The summed E-state index contributed by atoms with van der Waals surface area (Å²) in [4.78, 5) is 24.7. The van der Waals surface area contributed by atoms with Crippen LogP contribution >= 0.6 is 0 Å². The molecule has 28 heavy (non-hydrogen) atoms. The van der Waals surface area contributed by atoms with Crippen LogP contribution in [0.25, 0.3) is 5.69 Å². The van der Waals surface area contributed by atoms with Crippen LogP contribution in [0.15, 0.2) is 24.3 Å². The van der Waals surface area contributed by atoms with Crippen molar-refractivity contribution in [1.82, 2.24) is 15.1 Å². The number of benzene rings is 1. The number of nitrogens with one attached hydrogen (secondary N) is 1. The molecule has 2 heterocycles. The van der Waals surface area contributed by atoms with Gasteiger partial charge in [-0.1, -0.05) is 17.7 Å². The van der Waals surface area contributed by atoms with E-state index in [4.69, 9.17) is 4.74 Å². The molecule has 1 saturated heterocycles. The highest BCUT2D eigenvalue weighted by molar-refractivity contribution is 5.94. The number of ether oxygens (including phenoxy) is 1. The minimum Gasteiger partial charge on any atom is -0.481 e. The molecule has 7 nitrogen and oxygen atoms in total. The van der Waals surface area contributed by atoms with Gasteiger partial charge in [0.25, 0.3) is 5.91 Å². The number of aryl methyl sites for hydroxylation is 1. The molecule has 1 aromatic carbocycles. The van der Waals surface area contributed by atoms with Crippen molar-refractivity contribution in [1.29, 1.82) is 0 Å². The molecular weight excluding hydrogens is 358 g/mol. The molecule has 1 aromatic heterocycles. The van der Waals surface area contributed by atoms with Crippen LogP contribution in [-0.4, -0.2) is 46.5 Å². The maximum absolute atomic E-state index is 12.9. The first kappa shape index (κ1) is 18.7. The van der Waals surface area contributed by atoms with Gasteiger partial charge >= 0.3 is 5.97 Å². The average Bonchev–Trinajstić information content (AvgIpc) is 3.30. The Hall–Kier alpha value is -2.67. The lowest BCUT2D eigenvalue weighted by Crippen LogP contribution is -2.46. The second-order valence-electron chi connectivity index (χ2n) is 7.76. The molecule has 2 N–H and O–H groups in total. The summed E-state index contributed by atoms with van der Waals surface area (Å²) in [6.45, 7) is 2.93. The molecule has 0 spiro atoms. The predicted molar refractivity (Wildman–Crippen MR) is 103 cm³/mol. The van der Waals surface area contributed by atoms with Gasteiger partial charge in [-0.25, -0.2) is 4.68 Å². The van der Waals surface area contributed by atoms with Crippen LogP contribution in [0.3, 0.4) is 0 Å². The maximum Gasteiger partial charge on any atom is 0.311 e. The van der Waals surface area contributed by atoms with Gasteiger partial charge in [-0.05, 0) is 51.2 Å². The van der Waals surface area contributed by atoms with Crippen LogP contribution in [-0.2, 0) is 22.4 Å². The van der Waals surface area contributed by atoms with E-state index in [1.54, 1.807) is 0 Å². The van der Waals surface area contributed by atoms with Crippen LogP contribution in [0.1, 0.15) is 46.6 Å². The number of hydrogen-bond donors (Lipinski definition) is 2. The average molecular weight is 383 g/mol. The molecule has 148 valence electrons. The first-order valence-electron chi connectivity index (χ1n) is 9.77. The summed E-state index contributed by atoms with van der Waals surface area (Å²) in [5.41, 5.74) is 3.62. The van der Waals surface area contributed by atoms with E-state index < -0.39 is 11.4 Å². The number of hydrogen-bond acceptors (Lipinski definition) is 4. The van der Waals surface area contributed by atoms with Crippen molar-refractivity contribution >= 4 is 11.9 Å². The van der Waals surface area contributed by atoms with Gasteiger partial charge in [0.15, 0.2) is 5.69 Å². The monoisotopic (exact) mass is 383 g/mol. The van der Waals surface area contributed by atoms with Crippen LogP contribution in [0.5, 0.6) is 0 Å². The molecule has 2 aromatic rings. The first-order valence-corrected chi connectivity index (χ1v) is 9.77. The topological polar surface area (TPSA) is 93.5 Å². The highest BCUT2D eigenvalue weighted by Gasteiger charge is 2.41. The van der Waals surface area contributed by atoms with Crippen LogP contribution in [0.2, 0.25) is 0 Å². The molecule has 7 heteroatoms. The molecule has 0 atom stereocenters. The molecular formula is C21H25N3O4. The van der Waals surface area contributed by atoms with Crippen molar-refractivity contribution < 1.29 is 19.4 Å². The van der Waals surface area contributed by atoms with Gasteiger partial charge in [0.2, 0.25) is 0 Å². The van der Waals surface area contributed by atoms with Crippen molar-refractivity contribution in [2.24, 2.45) is 5.41 Å². The Kier molecular flexibility index (Phi) is 4.93. The zero-order valence-corrected chi connectivity index (χ0v) is 16.0. The normalized spacial score (nSPS) is 17.9. The highest BCUT2D eigenvalue weighted by atomic mass is 16.5. The highest BCUT2D eigenvalue weighted by Crippen LogP contribution is 2.31. The van der Waals surface area contributed by atoms with E-state index in [-0.39, 0.29) is 12.5 Å². The van der Waals surface area contributed by atoms with Gasteiger partial charge in [0, 0.05) is 31.0 Å². The quantitative estimate of drug-likeness (QED) is 0.826. The standard InChI is InChI=1S/C21H25N3O4/c1-14-5-7-15(8-6-14)24-17-4-2-3-16(17)18(23-24)19(25)22-13-21(20(26)27)9-11-28-12-10-21/h5-8H,2-4,9-13H2,1H3,(H,22,25)(H,26,27). The van der Waals surface area contributed by atoms with E-state index >= 15 is 0 Å². The number of carboxylic acids is 1. The van der Waals surface area contributed by atoms with E-state index in [9.17, 15) is 14.7 Å². The second kappa shape index (κ2) is 7.39. The molecule has 1 aliphatic heterocycles. The van der Waals surface area contributed by atoms with Crippen LogP contribution in [0.4, 0.5) is 0 Å². The Morgan fingerprint density at radius 3 is 2.61 bits per heavy atom. The van der Waals surface area contributed by atoms with Gasteiger partial charge in [-0.2, -0.15) is 5.10 Å². The Bertz CT molecular complexity index is 895. The third-order valence-electron chi connectivity index (χ3n) is 5.91. The fourth-order valence-electron chi connectivity index (χ4n) is 4.08. The van der Waals surface area contributed by atoms with Gasteiger partial charge in [-0.15, -0.1) is 0 Å². The Labute approximate surface area is 163 Å². The zero-order valence-electron chi connectivity index (χ0n) is 16.0. The summed E-state index contributed by atoms with van der Waals surface area (Å²) >= 11 is 0. The number of carboxylic acid groups (broad SMARTS) is 1. The summed E-state index contributed by atoms with van der Waals surface area (Å²) < 4.78 is 7.16. The molecule has 1 aliphatic carbocycles. The van der Waals surface area contributed by atoms with E-state index in [1.807, 2.05) is 35.9 Å². The molecule has 4 rings (SSSR count). The van der Waals surface area contributed by atoms with Gasteiger partial charge in [-0.3, -0.25) is 9.59 Å². The molecule has 0 unspecified atom stereocenters. The Balaban J connectivity index is 1.57. The largest absolute Gasteiger partial charge is 0.481 e. The number of fused-ring (bicyclic) bond motifs is 1. The lowest BCUT2D eigenvalue weighted by molar-refractivity contribution is -0.154. The summed E-state index contributed by atoms with van der Waals surface area (Å²) in [6, 6.07) is 8.06. The minimum absolute atomic E-state index is 0.0939. The Morgan fingerprint density at radius 2 is 1.93 bits per heavy atom. The maximum atomic E-state index is 12.9. The van der Waals surface area contributed by atoms with Gasteiger partial charge in [0.1, 0.15) is 0 Å². The van der Waals surface area contributed by atoms with Crippen molar-refractivity contribution in [3.05, 3.63) is 46.8 Å². The minimum atomic E-state index is -0.962. The summed E-state index contributed by atoms with van der Waals surface area (Å²) in [7, 11) is 0. The zero-order chi connectivity index (χ0) is 19.7. The van der Waals surface area contributed by atoms with Crippen molar-refractivity contribution in [3.63, 3.8) is 0 Å². The van der Waals surface area contributed by atoms with Gasteiger partial charge in [0.05, 0.1) is 11.1 Å². The third kappa shape index (κ3) is 3.30. The summed E-state index contributed by atoms with van der Waals surface area (Å²) in [6.07, 6.45) is 3.51. The predicted octanol–water partition coefficient (Wildman–Crippen LogP) is 2.28. The lowest BCUT2D eigenvalue weighted by atomic mass is 9.80. The SMILES string of the molecule is Cc1ccc(-n2nc(C(=O)NCC3(C(=O)O)CCOCC3)c3c2CCC3)cc1.